The standard InChI is InChI=1S/C15H16FNS/c1-12-5-7-15(8-6-12)18-10-9-17-14-4-2-3-13(16)11-14/h2-8,11,17H,9-10H2,1H3. The van der Waals surface area contributed by atoms with Gasteiger partial charge in [-0.05, 0) is 37.3 Å². The summed E-state index contributed by atoms with van der Waals surface area (Å²) in [4.78, 5) is 1.27. The molecule has 2 aromatic carbocycles. The van der Waals surface area contributed by atoms with Gasteiger partial charge in [-0.3, -0.25) is 0 Å². The van der Waals surface area contributed by atoms with Crippen LogP contribution in [0.3, 0.4) is 0 Å². The molecule has 0 aromatic heterocycles. The van der Waals surface area contributed by atoms with Crippen LogP contribution in [0, 0.1) is 12.7 Å². The summed E-state index contributed by atoms with van der Waals surface area (Å²) in [5.41, 5.74) is 2.11. The van der Waals surface area contributed by atoms with Gasteiger partial charge in [-0.15, -0.1) is 11.8 Å². The van der Waals surface area contributed by atoms with Crippen LogP contribution in [0.2, 0.25) is 0 Å². The quantitative estimate of drug-likeness (QED) is 0.635. The van der Waals surface area contributed by atoms with Crippen molar-refractivity contribution in [3.05, 3.63) is 59.9 Å². The van der Waals surface area contributed by atoms with Gasteiger partial charge in [0, 0.05) is 22.9 Å². The van der Waals surface area contributed by atoms with E-state index in [0.717, 1.165) is 18.0 Å². The molecule has 18 heavy (non-hydrogen) atoms. The molecule has 1 nitrogen and oxygen atoms in total. The summed E-state index contributed by atoms with van der Waals surface area (Å²) < 4.78 is 12.9. The fourth-order valence-corrected chi connectivity index (χ4v) is 2.37. The molecule has 0 saturated heterocycles. The third-order valence-electron chi connectivity index (χ3n) is 2.55. The molecule has 1 N–H and O–H groups in total. The number of hydrogen-bond donors (Lipinski definition) is 1. The lowest BCUT2D eigenvalue weighted by Crippen LogP contribution is -2.03. The Bertz CT molecular complexity index is 496. The summed E-state index contributed by atoms with van der Waals surface area (Å²) in [6.07, 6.45) is 0. The second-order valence-corrected chi connectivity index (χ2v) is 5.27. The Morgan fingerprint density at radius 2 is 1.89 bits per heavy atom. The SMILES string of the molecule is Cc1ccc(SCCNc2cccc(F)c2)cc1. The molecule has 2 rings (SSSR count). The molecule has 0 fully saturated rings. The van der Waals surface area contributed by atoms with E-state index in [1.54, 1.807) is 17.8 Å². The third-order valence-corrected chi connectivity index (χ3v) is 3.56. The molecule has 0 radical (unpaired) electrons. The van der Waals surface area contributed by atoms with Crippen molar-refractivity contribution in [1.82, 2.24) is 0 Å². The van der Waals surface area contributed by atoms with E-state index in [0.29, 0.717) is 0 Å². The van der Waals surface area contributed by atoms with Gasteiger partial charge in [0.1, 0.15) is 5.82 Å². The molecule has 0 heterocycles. The predicted molar refractivity (Wildman–Crippen MR) is 76.8 cm³/mol. The molecule has 0 bridgehead atoms. The van der Waals surface area contributed by atoms with Crippen LogP contribution >= 0.6 is 11.8 Å². The Morgan fingerprint density at radius 1 is 1.11 bits per heavy atom. The number of thioether (sulfide) groups is 1. The van der Waals surface area contributed by atoms with Crippen molar-refractivity contribution in [3.63, 3.8) is 0 Å². The topological polar surface area (TPSA) is 12.0 Å². The first-order valence-corrected chi connectivity index (χ1v) is 6.91. The monoisotopic (exact) mass is 261 g/mol. The number of benzene rings is 2. The van der Waals surface area contributed by atoms with E-state index in [1.807, 2.05) is 6.07 Å². The van der Waals surface area contributed by atoms with Crippen molar-refractivity contribution in [3.8, 4) is 0 Å². The molecule has 0 aliphatic carbocycles. The van der Waals surface area contributed by atoms with Crippen LogP contribution in [0.25, 0.3) is 0 Å². The molecule has 3 heteroatoms. The van der Waals surface area contributed by atoms with Crippen LogP contribution in [0.5, 0.6) is 0 Å². The van der Waals surface area contributed by atoms with Crippen LogP contribution in [-0.2, 0) is 0 Å². The van der Waals surface area contributed by atoms with Crippen molar-refractivity contribution >= 4 is 17.4 Å². The minimum atomic E-state index is -0.203. The number of nitrogens with one attached hydrogen (secondary N) is 1. The average molecular weight is 261 g/mol. The van der Waals surface area contributed by atoms with Crippen molar-refractivity contribution in [2.75, 3.05) is 17.6 Å². The van der Waals surface area contributed by atoms with Gasteiger partial charge in [0.25, 0.3) is 0 Å². The summed E-state index contributed by atoms with van der Waals surface area (Å²) in [7, 11) is 0. The lowest BCUT2D eigenvalue weighted by atomic mass is 10.2. The average Bonchev–Trinajstić information content (AvgIpc) is 2.37. The summed E-state index contributed by atoms with van der Waals surface area (Å²) in [5, 5.41) is 3.21. The Balaban J connectivity index is 1.74. The molecule has 0 spiro atoms. The van der Waals surface area contributed by atoms with E-state index >= 15 is 0 Å². The molecule has 0 atom stereocenters. The van der Waals surface area contributed by atoms with Crippen molar-refractivity contribution in [1.29, 1.82) is 0 Å². The lowest BCUT2D eigenvalue weighted by Gasteiger charge is -2.06. The lowest BCUT2D eigenvalue weighted by molar-refractivity contribution is 0.628. The van der Waals surface area contributed by atoms with Crippen molar-refractivity contribution in [2.45, 2.75) is 11.8 Å². The number of halogens is 1. The zero-order valence-corrected chi connectivity index (χ0v) is 11.1. The first-order valence-electron chi connectivity index (χ1n) is 5.93. The summed E-state index contributed by atoms with van der Waals surface area (Å²) in [6, 6.07) is 15.0. The fraction of sp³-hybridized carbons (Fsp3) is 0.200. The van der Waals surface area contributed by atoms with Crippen LogP contribution < -0.4 is 5.32 Å². The van der Waals surface area contributed by atoms with E-state index in [2.05, 4.69) is 36.5 Å². The van der Waals surface area contributed by atoms with Gasteiger partial charge in [0.2, 0.25) is 0 Å². The minimum absolute atomic E-state index is 0.203. The van der Waals surface area contributed by atoms with Crippen LogP contribution in [-0.4, -0.2) is 12.3 Å². The molecular weight excluding hydrogens is 245 g/mol. The zero-order chi connectivity index (χ0) is 12.8. The van der Waals surface area contributed by atoms with Crippen LogP contribution in [0.15, 0.2) is 53.4 Å². The maximum absolute atomic E-state index is 12.9. The third kappa shape index (κ3) is 4.08. The Kier molecular flexibility index (Phi) is 4.65. The van der Waals surface area contributed by atoms with Crippen LogP contribution in [0.1, 0.15) is 5.56 Å². The number of anilines is 1. The highest BCUT2D eigenvalue weighted by molar-refractivity contribution is 7.99. The van der Waals surface area contributed by atoms with E-state index in [4.69, 9.17) is 0 Å². The second-order valence-electron chi connectivity index (χ2n) is 4.10. The maximum atomic E-state index is 12.9. The fourth-order valence-electron chi connectivity index (χ4n) is 1.60. The van der Waals surface area contributed by atoms with E-state index in [9.17, 15) is 4.39 Å². The number of hydrogen-bond acceptors (Lipinski definition) is 2. The van der Waals surface area contributed by atoms with Gasteiger partial charge in [-0.25, -0.2) is 4.39 Å². The highest BCUT2D eigenvalue weighted by Gasteiger charge is 1.96. The Morgan fingerprint density at radius 3 is 2.61 bits per heavy atom. The summed E-state index contributed by atoms with van der Waals surface area (Å²) >= 11 is 1.80. The molecule has 0 saturated carbocycles. The number of rotatable bonds is 5. The molecule has 94 valence electrons. The minimum Gasteiger partial charge on any atom is -0.384 e. The highest BCUT2D eigenvalue weighted by atomic mass is 32.2. The summed E-state index contributed by atoms with van der Waals surface area (Å²) in [6.45, 7) is 2.90. The number of aryl methyl sites for hydroxylation is 1. The smallest absolute Gasteiger partial charge is 0.125 e. The molecule has 0 unspecified atom stereocenters. The Hall–Kier alpha value is -1.48. The second kappa shape index (κ2) is 6.45. The maximum Gasteiger partial charge on any atom is 0.125 e. The summed E-state index contributed by atoms with van der Waals surface area (Å²) in [5.74, 6) is 0.755. The molecule has 0 aliphatic rings. The van der Waals surface area contributed by atoms with Crippen molar-refractivity contribution in [2.24, 2.45) is 0 Å². The largest absolute Gasteiger partial charge is 0.384 e. The Labute approximate surface area is 111 Å². The zero-order valence-electron chi connectivity index (χ0n) is 10.3. The van der Waals surface area contributed by atoms with Gasteiger partial charge >= 0.3 is 0 Å². The van der Waals surface area contributed by atoms with E-state index in [-0.39, 0.29) is 5.82 Å². The van der Waals surface area contributed by atoms with Gasteiger partial charge < -0.3 is 5.32 Å². The normalized spacial score (nSPS) is 10.3. The van der Waals surface area contributed by atoms with Crippen LogP contribution in [0.4, 0.5) is 10.1 Å². The van der Waals surface area contributed by atoms with E-state index < -0.39 is 0 Å². The van der Waals surface area contributed by atoms with Crippen molar-refractivity contribution < 1.29 is 4.39 Å². The first-order chi connectivity index (χ1) is 8.74. The highest BCUT2D eigenvalue weighted by Crippen LogP contribution is 2.18. The molecule has 2 aromatic rings. The van der Waals surface area contributed by atoms with Gasteiger partial charge in [-0.1, -0.05) is 23.8 Å². The van der Waals surface area contributed by atoms with Gasteiger partial charge in [-0.2, -0.15) is 0 Å². The van der Waals surface area contributed by atoms with Gasteiger partial charge in [0.15, 0.2) is 0 Å². The first kappa shape index (κ1) is 13.0. The molecule has 0 aliphatic heterocycles. The van der Waals surface area contributed by atoms with Gasteiger partial charge in [0.05, 0.1) is 0 Å². The molecule has 0 amide bonds. The molecular formula is C15H16FNS. The predicted octanol–water partition coefficient (Wildman–Crippen LogP) is 4.34. The van der Waals surface area contributed by atoms with E-state index in [1.165, 1.54) is 22.6 Å².